The van der Waals surface area contributed by atoms with E-state index in [9.17, 15) is 43.2 Å². The van der Waals surface area contributed by atoms with E-state index in [0.29, 0.717) is 25.7 Å². The monoisotopic (exact) mass is 1440 g/mol. The first-order valence-electron chi connectivity index (χ1n) is 40.7. The number of rotatable bonds is 76. The van der Waals surface area contributed by atoms with Crippen molar-refractivity contribution in [2.75, 3.05) is 39.6 Å². The Morgan fingerprint density at radius 1 is 0.286 bits per heavy atom. The van der Waals surface area contributed by atoms with Crippen LogP contribution in [0.5, 0.6) is 0 Å². The minimum Gasteiger partial charge on any atom is -0.462 e. The average Bonchev–Trinajstić information content (AvgIpc) is 1.05. The molecule has 0 aromatic heterocycles. The van der Waals surface area contributed by atoms with Crippen molar-refractivity contribution >= 4 is 39.5 Å². The number of esters is 4. The summed E-state index contributed by atoms with van der Waals surface area (Å²) in [5, 5.41) is 10.6. The predicted molar refractivity (Wildman–Crippen MR) is 400 cm³/mol. The summed E-state index contributed by atoms with van der Waals surface area (Å²) >= 11 is 0. The quantitative estimate of drug-likeness (QED) is 0.0222. The Balaban J connectivity index is 5.21. The first-order valence-corrected chi connectivity index (χ1v) is 43.7. The van der Waals surface area contributed by atoms with Crippen LogP contribution in [-0.2, 0) is 65.4 Å². The molecule has 0 aliphatic rings. The Kier molecular flexibility index (Phi) is 66.8. The van der Waals surface area contributed by atoms with E-state index in [2.05, 4.69) is 55.4 Å². The summed E-state index contributed by atoms with van der Waals surface area (Å²) in [6.45, 7) is 14.2. The molecule has 0 saturated heterocycles. The predicted octanol–water partition coefficient (Wildman–Crippen LogP) is 23.2. The summed E-state index contributed by atoms with van der Waals surface area (Å²) in [6.07, 6.45) is 54.2. The maximum Gasteiger partial charge on any atom is 0.472 e. The molecule has 0 aliphatic carbocycles. The third-order valence-electron chi connectivity index (χ3n) is 18.7. The van der Waals surface area contributed by atoms with E-state index in [-0.39, 0.29) is 25.7 Å². The lowest BCUT2D eigenvalue weighted by Gasteiger charge is -2.21. The van der Waals surface area contributed by atoms with Crippen LogP contribution >= 0.6 is 15.6 Å². The van der Waals surface area contributed by atoms with Gasteiger partial charge in [-0.05, 0) is 49.4 Å². The van der Waals surface area contributed by atoms with Gasteiger partial charge in [0.25, 0.3) is 0 Å². The molecule has 17 nitrogen and oxygen atoms in total. The van der Waals surface area contributed by atoms with Gasteiger partial charge < -0.3 is 33.8 Å². The van der Waals surface area contributed by atoms with Crippen molar-refractivity contribution in [3.8, 4) is 0 Å². The second-order valence-electron chi connectivity index (χ2n) is 30.1. The lowest BCUT2D eigenvalue weighted by Crippen LogP contribution is -2.30. The number of aliphatic hydroxyl groups is 1. The first-order chi connectivity index (χ1) is 47.1. The number of phosphoric ester groups is 2. The van der Waals surface area contributed by atoms with Crippen LogP contribution in [0.25, 0.3) is 0 Å². The maximum absolute atomic E-state index is 13.1. The highest BCUT2D eigenvalue weighted by molar-refractivity contribution is 7.47. The molecule has 0 heterocycles. The summed E-state index contributed by atoms with van der Waals surface area (Å²) in [6, 6.07) is 0. The molecule has 0 fully saturated rings. The molecule has 0 aromatic rings. The van der Waals surface area contributed by atoms with Crippen molar-refractivity contribution in [1.82, 2.24) is 0 Å². The number of carbonyl (C=O) groups excluding carboxylic acids is 4. The summed E-state index contributed by atoms with van der Waals surface area (Å²) in [5.41, 5.74) is 0. The molecule has 98 heavy (non-hydrogen) atoms. The fraction of sp³-hybridized carbons (Fsp3) is 0.949. The topological polar surface area (TPSA) is 237 Å². The average molecular weight is 1440 g/mol. The minimum absolute atomic E-state index is 0.104. The minimum atomic E-state index is -4.96. The van der Waals surface area contributed by atoms with Gasteiger partial charge in [-0.25, -0.2) is 9.13 Å². The molecule has 0 amide bonds. The van der Waals surface area contributed by atoms with Crippen LogP contribution in [0.2, 0.25) is 0 Å². The number of phosphoric acid groups is 2. The third-order valence-corrected chi connectivity index (χ3v) is 20.6. The summed E-state index contributed by atoms with van der Waals surface area (Å²) < 4.78 is 68.6. The van der Waals surface area contributed by atoms with E-state index < -0.39 is 97.5 Å². The van der Waals surface area contributed by atoms with Crippen molar-refractivity contribution in [2.24, 2.45) is 23.7 Å². The number of ether oxygens (including phenoxy) is 4. The molecule has 0 bridgehead atoms. The van der Waals surface area contributed by atoms with Crippen molar-refractivity contribution in [3.63, 3.8) is 0 Å². The fourth-order valence-corrected chi connectivity index (χ4v) is 13.6. The van der Waals surface area contributed by atoms with Crippen LogP contribution in [0.3, 0.4) is 0 Å². The molecule has 19 heteroatoms. The Morgan fingerprint density at radius 3 is 0.724 bits per heavy atom. The molecule has 582 valence electrons. The number of aliphatic hydroxyl groups excluding tert-OH is 1. The smallest absolute Gasteiger partial charge is 0.462 e. The van der Waals surface area contributed by atoms with Crippen molar-refractivity contribution in [2.45, 2.75) is 420 Å². The highest BCUT2D eigenvalue weighted by Crippen LogP contribution is 2.45. The van der Waals surface area contributed by atoms with E-state index >= 15 is 0 Å². The molecule has 0 spiro atoms. The summed E-state index contributed by atoms with van der Waals surface area (Å²) in [7, 11) is -9.92. The van der Waals surface area contributed by atoms with Gasteiger partial charge >= 0.3 is 39.5 Å². The normalized spacial score (nSPS) is 14.3. The second kappa shape index (κ2) is 68.2. The molecular formula is C79H154O17P2. The van der Waals surface area contributed by atoms with Crippen molar-refractivity contribution in [1.29, 1.82) is 0 Å². The van der Waals surface area contributed by atoms with Gasteiger partial charge in [0.15, 0.2) is 12.2 Å². The van der Waals surface area contributed by atoms with Crippen LogP contribution in [0.15, 0.2) is 0 Å². The van der Waals surface area contributed by atoms with Gasteiger partial charge in [-0.15, -0.1) is 0 Å². The van der Waals surface area contributed by atoms with Crippen molar-refractivity contribution in [3.05, 3.63) is 0 Å². The molecule has 6 atom stereocenters. The van der Waals surface area contributed by atoms with Crippen molar-refractivity contribution < 1.29 is 80.2 Å². The first kappa shape index (κ1) is 96.1. The van der Waals surface area contributed by atoms with Crippen LogP contribution in [0.1, 0.15) is 402 Å². The molecule has 0 aromatic carbocycles. The van der Waals surface area contributed by atoms with E-state index in [0.717, 1.165) is 114 Å². The molecule has 0 rings (SSSR count). The second-order valence-corrected chi connectivity index (χ2v) is 33.0. The molecule has 0 saturated carbocycles. The fourth-order valence-electron chi connectivity index (χ4n) is 12.0. The molecule has 0 aliphatic heterocycles. The Hall–Kier alpha value is -1.94. The summed E-state index contributed by atoms with van der Waals surface area (Å²) in [5.74, 6) is 0.965. The maximum atomic E-state index is 13.1. The van der Waals surface area contributed by atoms with Gasteiger partial charge in [0.1, 0.15) is 19.3 Å². The highest BCUT2D eigenvalue weighted by Gasteiger charge is 2.30. The van der Waals surface area contributed by atoms with E-state index in [4.69, 9.17) is 37.0 Å². The van der Waals surface area contributed by atoms with Crippen LogP contribution < -0.4 is 0 Å². The zero-order valence-corrected chi connectivity index (χ0v) is 66.2. The molecular weight excluding hydrogens is 1280 g/mol. The van der Waals surface area contributed by atoms with Crippen LogP contribution in [0.4, 0.5) is 0 Å². The SMILES string of the molecule is CCC(C)CCCCCCCCCCC(=O)O[C@H](COC(=O)CCCCCCCCCCC(C)C)COP(=O)(O)OCC(O)COP(=O)(O)OC[C@@H](COC(=O)CCCCCCCCCCCCCCCCCCCCC(C)C)OC(=O)CCCCCCCCCCCCCC(C)C. The number of hydrogen-bond donors (Lipinski definition) is 3. The highest BCUT2D eigenvalue weighted by atomic mass is 31.2. The van der Waals surface area contributed by atoms with Gasteiger partial charge in [-0.3, -0.25) is 37.3 Å². The van der Waals surface area contributed by atoms with Gasteiger partial charge in [0.05, 0.1) is 26.4 Å². The standard InChI is InChI=1S/C79H154O17P2/c1-9-72(8)58-50-42-34-28-30-38-46-54-62-79(84)96-75(66-90-77(82)60-52-44-36-29-27-33-41-49-57-71(6)7)68-94-98(87,88)92-64-73(80)63-91-97(85,86)93-67-74(95-78(83)61-53-45-37-26-22-18-20-24-32-40-48-56-70(4)5)65-89-76(81)59-51-43-35-25-21-17-15-13-11-10-12-14-16-19-23-31-39-47-55-69(2)3/h69-75,80H,9-68H2,1-8H3,(H,85,86)(H,87,88)/t72?,73?,74-,75-/m1/s1. The Bertz CT molecular complexity index is 1920. The van der Waals surface area contributed by atoms with E-state index in [1.165, 1.54) is 205 Å². The largest absolute Gasteiger partial charge is 0.472 e. The van der Waals surface area contributed by atoms with Gasteiger partial charge in [0.2, 0.25) is 0 Å². The number of carbonyl (C=O) groups is 4. The molecule has 0 radical (unpaired) electrons. The van der Waals surface area contributed by atoms with E-state index in [1.54, 1.807) is 0 Å². The molecule has 4 unspecified atom stereocenters. The lowest BCUT2D eigenvalue weighted by molar-refractivity contribution is -0.161. The summed E-state index contributed by atoms with van der Waals surface area (Å²) in [4.78, 5) is 72.9. The zero-order chi connectivity index (χ0) is 72.4. The van der Waals surface area contributed by atoms with Gasteiger partial charge in [0, 0.05) is 25.7 Å². The Morgan fingerprint density at radius 2 is 0.490 bits per heavy atom. The number of unbranched alkanes of at least 4 members (excludes halogenated alkanes) is 41. The van der Waals surface area contributed by atoms with Gasteiger partial charge in [-0.2, -0.15) is 0 Å². The Labute approximate surface area is 600 Å². The van der Waals surface area contributed by atoms with Crippen LogP contribution in [0, 0.1) is 23.7 Å². The van der Waals surface area contributed by atoms with Crippen LogP contribution in [-0.4, -0.2) is 96.7 Å². The van der Waals surface area contributed by atoms with E-state index in [1.807, 2.05) is 0 Å². The zero-order valence-electron chi connectivity index (χ0n) is 64.4. The number of hydrogen-bond acceptors (Lipinski definition) is 15. The molecule has 3 N–H and O–H groups in total. The third kappa shape index (κ3) is 71.1. The van der Waals surface area contributed by atoms with Gasteiger partial charge in [-0.1, -0.05) is 351 Å². The lowest BCUT2D eigenvalue weighted by atomic mass is 9.99.